The summed E-state index contributed by atoms with van der Waals surface area (Å²) in [6.45, 7) is 2.10. The lowest BCUT2D eigenvalue weighted by Gasteiger charge is -2.07. The fraction of sp³-hybridized carbons (Fsp3) is 0.143. The Labute approximate surface area is 105 Å². The van der Waals surface area contributed by atoms with Gasteiger partial charge in [-0.05, 0) is 36.2 Å². The maximum absolute atomic E-state index is 9.39. The van der Waals surface area contributed by atoms with Gasteiger partial charge in [0.2, 0.25) is 0 Å². The quantitative estimate of drug-likeness (QED) is 0.872. The fourth-order valence-electron chi connectivity index (χ4n) is 1.54. The second-order valence-electron chi connectivity index (χ2n) is 3.74. The van der Waals surface area contributed by atoms with Crippen molar-refractivity contribution in [3.05, 3.63) is 53.1 Å². The van der Waals surface area contributed by atoms with E-state index in [0.717, 1.165) is 12.2 Å². The van der Waals surface area contributed by atoms with Crippen molar-refractivity contribution in [2.24, 2.45) is 0 Å². The molecule has 0 unspecified atom stereocenters. The lowest BCUT2D eigenvalue weighted by atomic mass is 10.2. The number of hydrogen-bond acceptors (Lipinski definition) is 2. The number of halogens is 1. The van der Waals surface area contributed by atoms with Crippen LogP contribution in [0.25, 0.3) is 0 Å². The van der Waals surface area contributed by atoms with E-state index in [0.29, 0.717) is 10.8 Å². The summed E-state index contributed by atoms with van der Waals surface area (Å²) in [5, 5.41) is 9.84. The van der Waals surface area contributed by atoms with Crippen molar-refractivity contribution in [3.63, 3.8) is 0 Å². The maximum atomic E-state index is 9.39. The monoisotopic (exact) mass is 248 g/mol. The first kappa shape index (κ1) is 11.8. The van der Waals surface area contributed by atoms with E-state index in [2.05, 4.69) is 6.92 Å². The normalized spacial score (nSPS) is 10.2. The molecule has 2 nitrogen and oxygen atoms in total. The molecule has 0 spiro atoms. The number of rotatable bonds is 3. The highest BCUT2D eigenvalue weighted by molar-refractivity contribution is 6.30. The lowest BCUT2D eigenvalue weighted by Crippen LogP contribution is -1.85. The predicted octanol–water partition coefficient (Wildman–Crippen LogP) is 4.40. The standard InChI is InChI=1S/C14H13ClO2/c1-2-10-3-5-13(6-4-10)17-14-8-11(15)7-12(16)9-14/h3-9,16H,2H2,1H3. The number of hydrogen-bond donors (Lipinski definition) is 1. The molecule has 1 N–H and O–H groups in total. The summed E-state index contributed by atoms with van der Waals surface area (Å²) >= 11 is 5.82. The first-order valence-electron chi connectivity index (χ1n) is 5.43. The number of phenols is 1. The number of aromatic hydroxyl groups is 1. The van der Waals surface area contributed by atoms with Crippen LogP contribution in [0.5, 0.6) is 17.2 Å². The van der Waals surface area contributed by atoms with E-state index in [4.69, 9.17) is 16.3 Å². The molecule has 0 aliphatic heterocycles. The molecule has 0 amide bonds. The van der Waals surface area contributed by atoms with Gasteiger partial charge >= 0.3 is 0 Å². The minimum Gasteiger partial charge on any atom is -0.508 e. The van der Waals surface area contributed by atoms with Crippen LogP contribution in [0.2, 0.25) is 5.02 Å². The van der Waals surface area contributed by atoms with Crippen LogP contribution in [-0.2, 0) is 6.42 Å². The molecule has 0 saturated heterocycles. The molecule has 0 bridgehead atoms. The number of phenolic OH excluding ortho intramolecular Hbond substituents is 1. The average Bonchev–Trinajstić information content (AvgIpc) is 2.28. The highest BCUT2D eigenvalue weighted by Crippen LogP contribution is 2.28. The van der Waals surface area contributed by atoms with Crippen molar-refractivity contribution >= 4 is 11.6 Å². The van der Waals surface area contributed by atoms with Gasteiger partial charge in [0.1, 0.15) is 17.2 Å². The van der Waals surface area contributed by atoms with Crippen molar-refractivity contribution in [2.45, 2.75) is 13.3 Å². The third kappa shape index (κ3) is 3.14. The summed E-state index contributed by atoms with van der Waals surface area (Å²) in [6, 6.07) is 12.5. The smallest absolute Gasteiger partial charge is 0.132 e. The summed E-state index contributed by atoms with van der Waals surface area (Å²) < 4.78 is 5.60. The Hall–Kier alpha value is -1.67. The molecule has 17 heavy (non-hydrogen) atoms. The minimum atomic E-state index is 0.0951. The second kappa shape index (κ2) is 5.11. The zero-order valence-corrected chi connectivity index (χ0v) is 10.2. The summed E-state index contributed by atoms with van der Waals surface area (Å²) in [5.74, 6) is 1.35. The molecule has 0 heterocycles. The molecule has 0 fully saturated rings. The van der Waals surface area contributed by atoms with Crippen LogP contribution >= 0.6 is 11.6 Å². The molecule has 0 aliphatic carbocycles. The Bertz CT molecular complexity index is 486. The summed E-state index contributed by atoms with van der Waals surface area (Å²) in [5.41, 5.74) is 1.26. The molecule has 2 aromatic rings. The van der Waals surface area contributed by atoms with Gasteiger partial charge in [-0.2, -0.15) is 0 Å². The molecule has 0 saturated carbocycles. The number of ether oxygens (including phenoxy) is 1. The molecule has 88 valence electrons. The van der Waals surface area contributed by atoms with E-state index in [9.17, 15) is 5.11 Å². The minimum absolute atomic E-state index is 0.0951. The maximum Gasteiger partial charge on any atom is 0.132 e. The third-order valence-corrected chi connectivity index (χ3v) is 2.64. The van der Waals surface area contributed by atoms with Gasteiger partial charge in [-0.15, -0.1) is 0 Å². The van der Waals surface area contributed by atoms with E-state index < -0.39 is 0 Å². The van der Waals surface area contributed by atoms with Crippen LogP contribution < -0.4 is 4.74 Å². The van der Waals surface area contributed by atoms with Crippen LogP contribution in [0.4, 0.5) is 0 Å². The van der Waals surface area contributed by atoms with Gasteiger partial charge in [0.05, 0.1) is 0 Å². The van der Waals surface area contributed by atoms with E-state index in [1.54, 1.807) is 6.07 Å². The van der Waals surface area contributed by atoms with E-state index in [1.165, 1.54) is 17.7 Å². The average molecular weight is 249 g/mol. The molecular formula is C14H13ClO2. The van der Waals surface area contributed by atoms with Gasteiger partial charge in [-0.25, -0.2) is 0 Å². The van der Waals surface area contributed by atoms with E-state index in [1.807, 2.05) is 24.3 Å². The van der Waals surface area contributed by atoms with Crippen LogP contribution in [-0.4, -0.2) is 5.11 Å². The molecule has 3 heteroatoms. The Balaban J connectivity index is 2.19. The van der Waals surface area contributed by atoms with Crippen molar-refractivity contribution < 1.29 is 9.84 Å². The molecule has 0 aromatic heterocycles. The van der Waals surface area contributed by atoms with Gasteiger partial charge < -0.3 is 9.84 Å². The molecular weight excluding hydrogens is 236 g/mol. The first-order chi connectivity index (χ1) is 8.17. The van der Waals surface area contributed by atoms with Crippen LogP contribution in [0, 0.1) is 0 Å². The fourth-order valence-corrected chi connectivity index (χ4v) is 1.76. The van der Waals surface area contributed by atoms with Crippen molar-refractivity contribution in [1.29, 1.82) is 0 Å². The zero-order chi connectivity index (χ0) is 12.3. The van der Waals surface area contributed by atoms with Crippen molar-refractivity contribution in [3.8, 4) is 17.2 Å². The predicted molar refractivity (Wildman–Crippen MR) is 69.0 cm³/mol. The Kier molecular flexibility index (Phi) is 3.55. The zero-order valence-electron chi connectivity index (χ0n) is 9.48. The third-order valence-electron chi connectivity index (χ3n) is 2.42. The Morgan fingerprint density at radius 1 is 1.06 bits per heavy atom. The molecule has 2 rings (SSSR count). The molecule has 2 aromatic carbocycles. The van der Waals surface area contributed by atoms with E-state index >= 15 is 0 Å². The largest absolute Gasteiger partial charge is 0.508 e. The van der Waals surface area contributed by atoms with Gasteiger partial charge in [0.15, 0.2) is 0 Å². The number of benzene rings is 2. The van der Waals surface area contributed by atoms with Crippen LogP contribution in [0.15, 0.2) is 42.5 Å². The van der Waals surface area contributed by atoms with Gasteiger partial charge in [-0.3, -0.25) is 0 Å². The molecule has 0 radical (unpaired) electrons. The van der Waals surface area contributed by atoms with Crippen molar-refractivity contribution in [2.75, 3.05) is 0 Å². The molecule has 0 atom stereocenters. The summed E-state index contributed by atoms with van der Waals surface area (Å²) in [7, 11) is 0. The van der Waals surface area contributed by atoms with Gasteiger partial charge in [0.25, 0.3) is 0 Å². The Morgan fingerprint density at radius 3 is 2.35 bits per heavy atom. The Morgan fingerprint density at radius 2 is 1.76 bits per heavy atom. The first-order valence-corrected chi connectivity index (χ1v) is 5.81. The molecule has 0 aliphatic rings. The van der Waals surface area contributed by atoms with Gasteiger partial charge in [-0.1, -0.05) is 30.7 Å². The summed E-state index contributed by atoms with van der Waals surface area (Å²) in [4.78, 5) is 0. The summed E-state index contributed by atoms with van der Waals surface area (Å²) in [6.07, 6.45) is 0.998. The SMILES string of the molecule is CCc1ccc(Oc2cc(O)cc(Cl)c2)cc1. The van der Waals surface area contributed by atoms with Crippen LogP contribution in [0.1, 0.15) is 12.5 Å². The highest BCUT2D eigenvalue weighted by Gasteiger charge is 2.01. The highest BCUT2D eigenvalue weighted by atomic mass is 35.5. The topological polar surface area (TPSA) is 29.5 Å². The van der Waals surface area contributed by atoms with Crippen molar-refractivity contribution in [1.82, 2.24) is 0 Å². The van der Waals surface area contributed by atoms with E-state index in [-0.39, 0.29) is 5.75 Å². The number of aryl methyl sites for hydroxylation is 1. The van der Waals surface area contributed by atoms with Gasteiger partial charge in [0, 0.05) is 11.1 Å². The lowest BCUT2D eigenvalue weighted by molar-refractivity contribution is 0.455. The van der Waals surface area contributed by atoms with Crippen LogP contribution in [0.3, 0.4) is 0 Å². The second-order valence-corrected chi connectivity index (χ2v) is 4.18.